The van der Waals surface area contributed by atoms with Crippen LogP contribution in [0.3, 0.4) is 0 Å². The summed E-state index contributed by atoms with van der Waals surface area (Å²) in [5.74, 6) is 0.500. The van der Waals surface area contributed by atoms with Crippen molar-refractivity contribution in [2.75, 3.05) is 13.2 Å². The number of rotatable bonds is 6. The molecular formula is C15H21NO2S. The van der Waals surface area contributed by atoms with Crippen LogP contribution in [-0.4, -0.2) is 29.4 Å². The van der Waals surface area contributed by atoms with E-state index in [1.807, 2.05) is 12.1 Å². The van der Waals surface area contributed by atoms with Crippen molar-refractivity contribution in [3.8, 4) is 0 Å². The number of carbonyl (C=O) groups excluding carboxylic acids is 1. The van der Waals surface area contributed by atoms with Crippen LogP contribution >= 0.6 is 11.8 Å². The minimum Gasteiger partial charge on any atom is -0.396 e. The van der Waals surface area contributed by atoms with E-state index in [1.165, 1.54) is 10.5 Å². The quantitative estimate of drug-likeness (QED) is 0.839. The molecule has 0 radical (unpaired) electrons. The van der Waals surface area contributed by atoms with Crippen LogP contribution in [0.15, 0.2) is 29.2 Å². The number of hydrogen-bond acceptors (Lipinski definition) is 3. The molecule has 1 aromatic rings. The molecule has 0 bridgehead atoms. The highest BCUT2D eigenvalue weighted by atomic mass is 32.2. The monoisotopic (exact) mass is 279 g/mol. The Hall–Kier alpha value is -1.00. The van der Waals surface area contributed by atoms with Gasteiger partial charge >= 0.3 is 0 Å². The first-order valence-electron chi connectivity index (χ1n) is 6.87. The summed E-state index contributed by atoms with van der Waals surface area (Å²) in [5.41, 5.74) is 1.27. The molecule has 0 saturated carbocycles. The summed E-state index contributed by atoms with van der Waals surface area (Å²) in [6, 6.07) is 8.21. The smallest absolute Gasteiger partial charge is 0.233 e. The molecule has 1 heterocycles. The van der Waals surface area contributed by atoms with Gasteiger partial charge in [0.2, 0.25) is 5.91 Å². The summed E-state index contributed by atoms with van der Waals surface area (Å²) < 4.78 is 0. The van der Waals surface area contributed by atoms with E-state index in [-0.39, 0.29) is 17.8 Å². The van der Waals surface area contributed by atoms with Crippen LogP contribution in [0.4, 0.5) is 0 Å². The number of amides is 1. The fourth-order valence-corrected chi connectivity index (χ4v) is 3.54. The Morgan fingerprint density at radius 2 is 2.32 bits per heavy atom. The Bertz CT molecular complexity index is 411. The third kappa shape index (κ3) is 3.74. The summed E-state index contributed by atoms with van der Waals surface area (Å²) in [6.45, 7) is 2.95. The molecule has 0 aromatic heterocycles. The molecule has 1 amide bonds. The van der Waals surface area contributed by atoms with E-state index >= 15 is 0 Å². The molecule has 0 aliphatic carbocycles. The van der Waals surface area contributed by atoms with Crippen molar-refractivity contribution in [3.63, 3.8) is 0 Å². The molecule has 3 nitrogen and oxygen atoms in total. The maximum Gasteiger partial charge on any atom is 0.233 e. The molecule has 2 atom stereocenters. The average molecular weight is 279 g/mol. The molecule has 1 aliphatic heterocycles. The highest BCUT2D eigenvalue weighted by Gasteiger charge is 2.27. The average Bonchev–Trinajstić information content (AvgIpc) is 2.87. The third-order valence-corrected chi connectivity index (χ3v) is 4.94. The topological polar surface area (TPSA) is 49.3 Å². The summed E-state index contributed by atoms with van der Waals surface area (Å²) in [7, 11) is 0. The van der Waals surface area contributed by atoms with E-state index in [1.54, 1.807) is 11.8 Å². The highest BCUT2D eigenvalue weighted by Crippen LogP contribution is 2.36. The van der Waals surface area contributed by atoms with Gasteiger partial charge < -0.3 is 10.4 Å². The van der Waals surface area contributed by atoms with E-state index in [0.717, 1.165) is 19.3 Å². The number of hydrogen-bond donors (Lipinski definition) is 2. The van der Waals surface area contributed by atoms with Gasteiger partial charge in [-0.15, -0.1) is 11.8 Å². The lowest BCUT2D eigenvalue weighted by Crippen LogP contribution is -2.36. The summed E-state index contributed by atoms with van der Waals surface area (Å²) in [5, 5.41) is 12.0. The lowest BCUT2D eigenvalue weighted by Gasteiger charge is -2.16. The van der Waals surface area contributed by atoms with E-state index in [2.05, 4.69) is 24.4 Å². The van der Waals surface area contributed by atoms with Crippen LogP contribution in [0.2, 0.25) is 0 Å². The first kappa shape index (κ1) is 14.4. The standard InChI is InChI=1S/C15H21NO2S/c1-2-11(7-8-17)10-16-15(18)14-9-12-5-3-4-6-13(12)19-14/h3-6,11,14,17H,2,7-10H2,1H3,(H,16,18). The number of aliphatic hydroxyl groups excluding tert-OH is 1. The van der Waals surface area contributed by atoms with Gasteiger partial charge in [-0.05, 0) is 30.4 Å². The Morgan fingerprint density at radius 1 is 1.53 bits per heavy atom. The van der Waals surface area contributed by atoms with Crippen LogP contribution in [-0.2, 0) is 11.2 Å². The predicted octanol–water partition coefficient (Wildman–Crippen LogP) is 2.23. The summed E-state index contributed by atoms with van der Waals surface area (Å²) in [6.07, 6.45) is 2.57. The maximum absolute atomic E-state index is 12.1. The largest absolute Gasteiger partial charge is 0.396 e. The fraction of sp³-hybridized carbons (Fsp3) is 0.533. The summed E-state index contributed by atoms with van der Waals surface area (Å²) >= 11 is 1.66. The van der Waals surface area contributed by atoms with Crippen LogP contribution in [0.5, 0.6) is 0 Å². The Morgan fingerprint density at radius 3 is 3.00 bits per heavy atom. The number of nitrogens with one attached hydrogen (secondary N) is 1. The van der Waals surface area contributed by atoms with Gasteiger partial charge in [0.25, 0.3) is 0 Å². The number of fused-ring (bicyclic) bond motifs is 1. The minimum absolute atomic E-state index is 0.00373. The lowest BCUT2D eigenvalue weighted by atomic mass is 10.0. The van der Waals surface area contributed by atoms with Gasteiger partial charge in [-0.1, -0.05) is 31.5 Å². The van der Waals surface area contributed by atoms with Crippen molar-refractivity contribution in [2.45, 2.75) is 36.3 Å². The van der Waals surface area contributed by atoms with E-state index in [4.69, 9.17) is 5.11 Å². The predicted molar refractivity (Wildman–Crippen MR) is 78.3 cm³/mol. The van der Waals surface area contributed by atoms with Crippen molar-refractivity contribution in [1.82, 2.24) is 5.32 Å². The van der Waals surface area contributed by atoms with E-state index in [9.17, 15) is 4.79 Å². The second-order valence-corrected chi connectivity index (χ2v) is 6.19. The highest BCUT2D eigenvalue weighted by molar-refractivity contribution is 8.01. The van der Waals surface area contributed by atoms with Crippen molar-refractivity contribution in [1.29, 1.82) is 0 Å². The van der Waals surface area contributed by atoms with Crippen molar-refractivity contribution in [2.24, 2.45) is 5.92 Å². The molecule has 19 heavy (non-hydrogen) atoms. The Kier molecular flexibility index (Phi) is 5.28. The molecule has 0 fully saturated rings. The van der Waals surface area contributed by atoms with Gasteiger partial charge in [-0.2, -0.15) is 0 Å². The van der Waals surface area contributed by atoms with Gasteiger partial charge in [0, 0.05) is 18.0 Å². The molecule has 4 heteroatoms. The van der Waals surface area contributed by atoms with Crippen LogP contribution in [0.25, 0.3) is 0 Å². The van der Waals surface area contributed by atoms with Gasteiger partial charge in [0.1, 0.15) is 0 Å². The number of benzene rings is 1. The van der Waals surface area contributed by atoms with Crippen LogP contribution in [0.1, 0.15) is 25.3 Å². The zero-order valence-corrected chi connectivity index (χ0v) is 12.1. The maximum atomic E-state index is 12.1. The van der Waals surface area contributed by atoms with Gasteiger partial charge in [0.05, 0.1) is 5.25 Å². The minimum atomic E-state index is 0.00373. The Balaban J connectivity index is 1.83. The van der Waals surface area contributed by atoms with E-state index in [0.29, 0.717) is 12.5 Å². The van der Waals surface area contributed by atoms with Crippen molar-refractivity contribution < 1.29 is 9.90 Å². The molecule has 2 rings (SSSR count). The molecule has 1 aromatic carbocycles. The molecular weight excluding hydrogens is 258 g/mol. The summed E-state index contributed by atoms with van der Waals surface area (Å²) in [4.78, 5) is 13.4. The van der Waals surface area contributed by atoms with Gasteiger partial charge in [-0.25, -0.2) is 0 Å². The number of carbonyl (C=O) groups is 1. The molecule has 2 N–H and O–H groups in total. The van der Waals surface area contributed by atoms with Gasteiger partial charge in [-0.3, -0.25) is 4.79 Å². The molecule has 1 aliphatic rings. The second kappa shape index (κ2) is 6.96. The fourth-order valence-electron chi connectivity index (χ4n) is 2.32. The zero-order chi connectivity index (χ0) is 13.7. The third-order valence-electron chi connectivity index (χ3n) is 3.62. The first-order valence-corrected chi connectivity index (χ1v) is 7.75. The van der Waals surface area contributed by atoms with Crippen LogP contribution < -0.4 is 5.32 Å². The molecule has 2 unspecified atom stereocenters. The van der Waals surface area contributed by atoms with Crippen molar-refractivity contribution in [3.05, 3.63) is 29.8 Å². The van der Waals surface area contributed by atoms with Crippen LogP contribution in [0, 0.1) is 5.92 Å². The molecule has 104 valence electrons. The molecule has 0 spiro atoms. The first-order chi connectivity index (χ1) is 9.24. The SMILES string of the molecule is CCC(CCO)CNC(=O)C1Cc2ccccc2S1. The normalized spacial score (nSPS) is 18.9. The number of aliphatic hydroxyl groups is 1. The molecule has 0 saturated heterocycles. The van der Waals surface area contributed by atoms with E-state index < -0.39 is 0 Å². The number of thioether (sulfide) groups is 1. The zero-order valence-electron chi connectivity index (χ0n) is 11.3. The van der Waals surface area contributed by atoms with Crippen molar-refractivity contribution >= 4 is 17.7 Å². The Labute approximate surface area is 118 Å². The van der Waals surface area contributed by atoms with Gasteiger partial charge in [0.15, 0.2) is 0 Å². The lowest BCUT2D eigenvalue weighted by molar-refractivity contribution is -0.120. The second-order valence-electron chi connectivity index (χ2n) is 4.95.